The molecule has 0 heterocycles. The van der Waals surface area contributed by atoms with E-state index in [0.29, 0.717) is 11.5 Å². The zero-order chi connectivity index (χ0) is 24.7. The van der Waals surface area contributed by atoms with Crippen LogP contribution in [0.15, 0.2) is 36.4 Å². The predicted octanol–water partition coefficient (Wildman–Crippen LogP) is 8.08. The first kappa shape index (κ1) is 30.3. The van der Waals surface area contributed by atoms with Crippen molar-refractivity contribution < 1.29 is 13.6 Å². The second-order valence-electron chi connectivity index (χ2n) is 12.9. The Kier molecular flexibility index (Phi) is 9.63. The summed E-state index contributed by atoms with van der Waals surface area (Å²) < 4.78 is 24.9. The summed E-state index contributed by atoms with van der Waals surface area (Å²) in [6.07, 6.45) is 0. The Morgan fingerprint density at radius 3 is 1.09 bits per heavy atom. The molecule has 0 N–H and O–H groups in total. The third-order valence-corrected chi connectivity index (χ3v) is 6.47. The van der Waals surface area contributed by atoms with Gasteiger partial charge in [-0.2, -0.15) is 0 Å². The molecule has 0 atom stereocenters. The second kappa shape index (κ2) is 10.5. The quantitative estimate of drug-likeness (QED) is 0.326. The van der Waals surface area contributed by atoms with Crippen molar-refractivity contribution in [2.75, 3.05) is 0 Å². The Balaban J connectivity index is 0.00000544. The van der Waals surface area contributed by atoms with Crippen LogP contribution < -0.4 is 9.05 Å². The van der Waals surface area contributed by atoms with E-state index < -0.39 is 8.25 Å². The fourth-order valence-electron chi connectivity index (χ4n) is 3.54. The molecule has 0 unspecified atom stereocenters. The first-order valence-corrected chi connectivity index (χ1v) is 12.7. The predicted molar refractivity (Wildman–Crippen MR) is 145 cm³/mol. The molecule has 2 aromatic carbocycles. The van der Waals surface area contributed by atoms with Crippen molar-refractivity contribution in [2.45, 2.75) is 105 Å². The van der Waals surface area contributed by atoms with Crippen LogP contribution in [-0.4, -0.2) is 29.6 Å². The van der Waals surface area contributed by atoms with Crippen LogP contribution in [0.25, 0.3) is 0 Å². The number of hydrogen-bond donors (Lipinski definition) is 0. The summed E-state index contributed by atoms with van der Waals surface area (Å²) >= 11 is 0. The molecule has 2 aromatic rings. The van der Waals surface area contributed by atoms with E-state index in [1.54, 1.807) is 0 Å². The first-order valence-electron chi connectivity index (χ1n) is 11.5. The van der Waals surface area contributed by atoms with Gasteiger partial charge in [-0.3, -0.25) is 0 Å². The molecule has 0 radical (unpaired) electrons. The third-order valence-electron chi connectivity index (χ3n) is 5.69. The molecule has 0 aliphatic heterocycles. The monoisotopic (exact) mass is 482 g/mol. The zero-order valence-corrected chi connectivity index (χ0v) is 23.2. The summed E-state index contributed by atoms with van der Waals surface area (Å²) in [6.45, 7) is 26.0. The number of hydrogen-bond acceptors (Lipinski definition) is 3. The Labute approximate surface area is 225 Å². The fourth-order valence-corrected chi connectivity index (χ4v) is 4.30. The summed E-state index contributed by atoms with van der Waals surface area (Å²) in [5.41, 5.74) is 4.27. The second-order valence-corrected chi connectivity index (χ2v) is 13.8. The summed E-state index contributed by atoms with van der Waals surface area (Å²) in [5, 5.41) is 0. The zero-order valence-electron chi connectivity index (χ0n) is 22.2. The van der Waals surface area contributed by atoms with Gasteiger partial charge in [-0.1, -0.05) is 107 Å². The van der Waals surface area contributed by atoms with E-state index in [9.17, 15) is 4.57 Å². The van der Waals surface area contributed by atoms with Crippen LogP contribution in [0.2, 0.25) is 0 Å². The molecule has 0 aliphatic carbocycles. The molecule has 2 rings (SSSR count). The van der Waals surface area contributed by atoms with E-state index >= 15 is 0 Å². The van der Waals surface area contributed by atoms with Crippen LogP contribution in [0.4, 0.5) is 0 Å². The summed E-state index contributed by atoms with van der Waals surface area (Å²) in [6, 6.07) is 12.3. The van der Waals surface area contributed by atoms with Gasteiger partial charge in [0, 0.05) is 11.1 Å². The Morgan fingerprint density at radius 1 is 0.545 bits per heavy atom. The van der Waals surface area contributed by atoms with Gasteiger partial charge >= 0.3 is 37.8 Å². The first-order chi connectivity index (χ1) is 14.3. The van der Waals surface area contributed by atoms with Crippen molar-refractivity contribution in [3.05, 3.63) is 58.7 Å². The third kappa shape index (κ3) is 8.17. The molecule has 180 valence electrons. The molecule has 0 bridgehead atoms. The Bertz CT molecular complexity index is 905. The van der Waals surface area contributed by atoms with Crippen LogP contribution >= 0.6 is 8.25 Å². The van der Waals surface area contributed by atoms with Crippen LogP contribution in [0.5, 0.6) is 11.5 Å². The average Bonchev–Trinajstić information content (AvgIpc) is 2.58. The fraction of sp³-hybridized carbons (Fsp3) is 0.571. The number of rotatable bonds is 4. The van der Waals surface area contributed by atoms with E-state index in [1.165, 1.54) is 11.1 Å². The number of benzene rings is 2. The molecule has 0 fully saturated rings. The molecular weight excluding hydrogens is 438 g/mol. The van der Waals surface area contributed by atoms with Crippen LogP contribution in [-0.2, 0) is 26.2 Å². The summed E-state index contributed by atoms with van der Waals surface area (Å²) in [4.78, 5) is 0. The molecule has 5 heteroatoms. The summed E-state index contributed by atoms with van der Waals surface area (Å²) in [7, 11) is -2.80. The molecule has 0 spiro atoms. The Hall–Kier alpha value is -0.730. The van der Waals surface area contributed by atoms with Crippen LogP contribution in [0.1, 0.15) is 105 Å². The van der Waals surface area contributed by atoms with Crippen molar-refractivity contribution in [3.8, 4) is 11.5 Å². The minimum atomic E-state index is -2.80. The van der Waals surface area contributed by atoms with Gasteiger partial charge in [0.25, 0.3) is 0 Å². The molecule has 0 saturated carbocycles. The van der Waals surface area contributed by atoms with Gasteiger partial charge in [-0.15, -0.1) is 0 Å². The van der Waals surface area contributed by atoms with Gasteiger partial charge in [-0.25, -0.2) is 4.57 Å². The van der Waals surface area contributed by atoms with Gasteiger partial charge in [0.2, 0.25) is 0 Å². The SMILES string of the molecule is CC(C)(C)c1ccc(O[PH](=O)Oc2ccc(C(C)(C)C)cc2C(C)(C)C)c(C(C)(C)C)c1.[NaH]. The van der Waals surface area contributed by atoms with Gasteiger partial charge in [-0.05, 0) is 44.9 Å². The standard InChI is InChI=1S/C28H43O3P.Na.H/c1-25(2,3)19-13-15-23(21(17-19)27(7,8)9)30-32(29)31-24-16-14-20(26(4,5)6)18-22(24)28(10,11)12;;/h13-18,32H,1-12H3;;. The van der Waals surface area contributed by atoms with E-state index in [0.717, 1.165) is 11.1 Å². The topological polar surface area (TPSA) is 35.5 Å². The molecule has 33 heavy (non-hydrogen) atoms. The molecule has 0 aliphatic rings. The van der Waals surface area contributed by atoms with Crippen LogP contribution in [0, 0.1) is 0 Å². The average molecular weight is 483 g/mol. The van der Waals surface area contributed by atoms with Crippen molar-refractivity contribution in [1.29, 1.82) is 0 Å². The van der Waals surface area contributed by atoms with Gasteiger partial charge in [0.05, 0.1) is 0 Å². The summed E-state index contributed by atoms with van der Waals surface area (Å²) in [5.74, 6) is 1.25. The van der Waals surface area contributed by atoms with E-state index in [4.69, 9.17) is 9.05 Å². The van der Waals surface area contributed by atoms with E-state index in [-0.39, 0.29) is 51.2 Å². The Morgan fingerprint density at radius 2 is 0.848 bits per heavy atom. The molecule has 0 amide bonds. The van der Waals surface area contributed by atoms with Gasteiger partial charge < -0.3 is 9.05 Å². The van der Waals surface area contributed by atoms with Crippen LogP contribution in [0.3, 0.4) is 0 Å². The van der Waals surface area contributed by atoms with Crippen molar-refractivity contribution in [1.82, 2.24) is 0 Å². The molecular formula is C28H44NaO3P. The maximum absolute atomic E-state index is 13.0. The van der Waals surface area contributed by atoms with Crippen molar-refractivity contribution in [3.63, 3.8) is 0 Å². The maximum atomic E-state index is 13.0. The van der Waals surface area contributed by atoms with Gasteiger partial charge in [0.1, 0.15) is 11.5 Å². The van der Waals surface area contributed by atoms with E-state index in [1.807, 2.05) is 12.1 Å². The van der Waals surface area contributed by atoms with Gasteiger partial charge in [0.15, 0.2) is 0 Å². The van der Waals surface area contributed by atoms with Crippen molar-refractivity contribution in [2.24, 2.45) is 0 Å². The normalized spacial score (nSPS) is 13.0. The molecule has 3 nitrogen and oxygen atoms in total. The molecule has 0 aromatic heterocycles. The van der Waals surface area contributed by atoms with Crippen molar-refractivity contribution >= 4 is 37.8 Å². The van der Waals surface area contributed by atoms with E-state index in [2.05, 4.69) is 107 Å². The molecule has 0 saturated heterocycles. The minimum absolute atomic E-state index is 0.